The van der Waals surface area contributed by atoms with Crippen molar-refractivity contribution >= 4 is 17.9 Å². The molecule has 0 fully saturated rings. The van der Waals surface area contributed by atoms with Crippen LogP contribution < -0.4 is 4.74 Å². The number of ether oxygens (including phenoxy) is 2. The Morgan fingerprint density at radius 1 is 1.17 bits per heavy atom. The van der Waals surface area contributed by atoms with E-state index in [-0.39, 0.29) is 11.5 Å². The summed E-state index contributed by atoms with van der Waals surface area (Å²) in [5.41, 5.74) is 1.81. The van der Waals surface area contributed by atoms with Gasteiger partial charge < -0.3 is 9.47 Å². The molecular formula is C19H16FNO3. The van der Waals surface area contributed by atoms with E-state index < -0.39 is 5.97 Å². The highest BCUT2D eigenvalue weighted by molar-refractivity contribution is 6.07. The van der Waals surface area contributed by atoms with Crippen molar-refractivity contribution in [2.75, 3.05) is 7.11 Å². The molecule has 2 aromatic rings. The lowest BCUT2D eigenvalue weighted by Crippen LogP contribution is -2.05. The van der Waals surface area contributed by atoms with Crippen LogP contribution in [0, 0.1) is 5.82 Å². The standard InChI is InChI=1S/C19H16FNO3/c1-23-17-8-3-2-6-14(17)12-16-19(22)24-18(21-16)10-9-13-5-4-7-15(20)11-13/h2-8,11-12H,9-10H2,1H3/b16-12-. The Bertz CT molecular complexity index is 827. The SMILES string of the molecule is COc1ccccc1/C=C1\N=C(CCc2cccc(F)c2)OC1=O. The molecule has 0 radical (unpaired) electrons. The lowest BCUT2D eigenvalue weighted by atomic mass is 10.1. The minimum atomic E-state index is -0.491. The van der Waals surface area contributed by atoms with Gasteiger partial charge >= 0.3 is 5.97 Å². The van der Waals surface area contributed by atoms with Gasteiger partial charge in [0.05, 0.1) is 7.11 Å². The van der Waals surface area contributed by atoms with E-state index in [0.29, 0.717) is 24.5 Å². The van der Waals surface area contributed by atoms with Gasteiger partial charge in [0.2, 0.25) is 0 Å². The van der Waals surface area contributed by atoms with Gasteiger partial charge in [-0.1, -0.05) is 30.3 Å². The summed E-state index contributed by atoms with van der Waals surface area (Å²) in [5.74, 6) is 0.219. The monoisotopic (exact) mass is 325 g/mol. The molecule has 0 unspecified atom stereocenters. The Hall–Kier alpha value is -2.95. The van der Waals surface area contributed by atoms with Crippen LogP contribution in [-0.4, -0.2) is 19.0 Å². The number of carbonyl (C=O) groups is 1. The molecule has 0 aliphatic carbocycles. The van der Waals surface area contributed by atoms with E-state index in [1.165, 1.54) is 12.1 Å². The molecule has 1 heterocycles. The predicted molar refractivity (Wildman–Crippen MR) is 89.2 cm³/mol. The van der Waals surface area contributed by atoms with Crippen molar-refractivity contribution in [3.63, 3.8) is 0 Å². The van der Waals surface area contributed by atoms with Crippen LogP contribution in [0.4, 0.5) is 4.39 Å². The maximum Gasteiger partial charge on any atom is 0.363 e. The first-order valence-corrected chi connectivity index (χ1v) is 7.54. The minimum Gasteiger partial charge on any atom is -0.496 e. The highest BCUT2D eigenvalue weighted by Gasteiger charge is 2.23. The van der Waals surface area contributed by atoms with E-state index in [0.717, 1.165) is 11.1 Å². The number of nitrogens with zero attached hydrogens (tertiary/aromatic N) is 1. The Balaban J connectivity index is 1.74. The van der Waals surface area contributed by atoms with E-state index in [1.807, 2.05) is 24.3 Å². The van der Waals surface area contributed by atoms with Crippen molar-refractivity contribution in [1.82, 2.24) is 0 Å². The third kappa shape index (κ3) is 3.68. The van der Waals surface area contributed by atoms with Crippen LogP contribution in [0.1, 0.15) is 17.5 Å². The van der Waals surface area contributed by atoms with Crippen LogP contribution in [0.2, 0.25) is 0 Å². The van der Waals surface area contributed by atoms with Crippen molar-refractivity contribution in [1.29, 1.82) is 0 Å². The number of hydrogen-bond donors (Lipinski definition) is 0. The fourth-order valence-electron chi connectivity index (χ4n) is 2.44. The largest absolute Gasteiger partial charge is 0.496 e. The van der Waals surface area contributed by atoms with Crippen molar-refractivity contribution in [3.05, 3.63) is 71.2 Å². The molecule has 2 aromatic carbocycles. The van der Waals surface area contributed by atoms with Crippen LogP contribution in [-0.2, 0) is 16.0 Å². The highest BCUT2D eigenvalue weighted by atomic mass is 19.1. The molecule has 4 nitrogen and oxygen atoms in total. The maximum absolute atomic E-state index is 13.2. The number of cyclic esters (lactones) is 1. The fraction of sp³-hybridized carbons (Fsp3) is 0.158. The van der Waals surface area contributed by atoms with Gasteiger partial charge in [0, 0.05) is 12.0 Å². The van der Waals surface area contributed by atoms with Gasteiger partial charge in [-0.05, 0) is 36.3 Å². The second-order valence-electron chi connectivity index (χ2n) is 5.30. The number of benzene rings is 2. The van der Waals surface area contributed by atoms with E-state index in [1.54, 1.807) is 25.3 Å². The van der Waals surface area contributed by atoms with Gasteiger partial charge in [0.15, 0.2) is 11.6 Å². The lowest BCUT2D eigenvalue weighted by molar-refractivity contribution is -0.130. The maximum atomic E-state index is 13.2. The highest BCUT2D eigenvalue weighted by Crippen LogP contribution is 2.23. The lowest BCUT2D eigenvalue weighted by Gasteiger charge is -2.03. The molecule has 122 valence electrons. The van der Waals surface area contributed by atoms with Gasteiger partial charge in [0.1, 0.15) is 11.6 Å². The number of aryl methyl sites for hydroxylation is 1. The predicted octanol–water partition coefficient (Wildman–Crippen LogP) is 3.76. The summed E-state index contributed by atoms with van der Waals surface area (Å²) in [4.78, 5) is 16.2. The Labute approximate surface area is 139 Å². The third-order valence-corrected chi connectivity index (χ3v) is 3.61. The zero-order valence-electron chi connectivity index (χ0n) is 13.2. The number of hydrogen-bond acceptors (Lipinski definition) is 4. The average molecular weight is 325 g/mol. The second-order valence-corrected chi connectivity index (χ2v) is 5.30. The molecule has 5 heteroatoms. The van der Waals surface area contributed by atoms with E-state index in [9.17, 15) is 9.18 Å². The fourth-order valence-corrected chi connectivity index (χ4v) is 2.44. The summed E-state index contributed by atoms with van der Waals surface area (Å²) in [6.45, 7) is 0. The summed E-state index contributed by atoms with van der Waals surface area (Å²) in [6.07, 6.45) is 2.61. The molecule has 3 rings (SSSR count). The first kappa shape index (κ1) is 15.9. The topological polar surface area (TPSA) is 47.9 Å². The number of esters is 1. The molecule has 1 aliphatic rings. The molecule has 0 bridgehead atoms. The molecule has 0 atom stereocenters. The Kier molecular flexibility index (Phi) is 4.70. The Morgan fingerprint density at radius 2 is 2.00 bits per heavy atom. The number of rotatable bonds is 5. The van der Waals surface area contributed by atoms with Crippen LogP contribution >= 0.6 is 0 Å². The minimum absolute atomic E-state index is 0.230. The third-order valence-electron chi connectivity index (χ3n) is 3.61. The number of aliphatic imine (C=N–C) groups is 1. The normalized spacial score (nSPS) is 15.3. The molecule has 24 heavy (non-hydrogen) atoms. The van der Waals surface area contributed by atoms with Gasteiger partial charge in [-0.25, -0.2) is 14.2 Å². The van der Waals surface area contributed by atoms with Crippen molar-refractivity contribution in [2.45, 2.75) is 12.8 Å². The Morgan fingerprint density at radius 3 is 2.79 bits per heavy atom. The van der Waals surface area contributed by atoms with Gasteiger partial charge in [0.25, 0.3) is 0 Å². The molecule has 0 saturated carbocycles. The smallest absolute Gasteiger partial charge is 0.363 e. The molecule has 0 spiro atoms. The van der Waals surface area contributed by atoms with Crippen LogP contribution in [0.5, 0.6) is 5.75 Å². The molecule has 0 saturated heterocycles. The van der Waals surface area contributed by atoms with Crippen LogP contribution in [0.15, 0.2) is 59.2 Å². The number of para-hydroxylation sites is 1. The second kappa shape index (κ2) is 7.08. The first-order chi connectivity index (χ1) is 11.7. The number of methoxy groups -OCH3 is 1. The summed E-state index contributed by atoms with van der Waals surface area (Å²) in [7, 11) is 1.57. The molecule has 1 aliphatic heterocycles. The number of carbonyl (C=O) groups excluding carboxylic acids is 1. The molecule has 0 aromatic heterocycles. The van der Waals surface area contributed by atoms with Gasteiger partial charge in [-0.3, -0.25) is 0 Å². The average Bonchev–Trinajstić information content (AvgIpc) is 2.93. The van der Waals surface area contributed by atoms with Crippen molar-refractivity contribution in [3.8, 4) is 5.75 Å². The molecular weight excluding hydrogens is 309 g/mol. The summed E-state index contributed by atoms with van der Waals surface area (Å²) in [5, 5.41) is 0. The van der Waals surface area contributed by atoms with E-state index >= 15 is 0 Å². The van der Waals surface area contributed by atoms with Gasteiger partial charge in [-0.2, -0.15) is 0 Å². The first-order valence-electron chi connectivity index (χ1n) is 7.54. The molecule has 0 N–H and O–H groups in total. The van der Waals surface area contributed by atoms with Crippen molar-refractivity contribution < 1.29 is 18.7 Å². The quantitative estimate of drug-likeness (QED) is 0.621. The summed E-state index contributed by atoms with van der Waals surface area (Å²) in [6, 6.07) is 13.7. The molecule has 0 amide bonds. The number of halogens is 1. The zero-order valence-corrected chi connectivity index (χ0v) is 13.2. The zero-order chi connectivity index (χ0) is 16.9. The van der Waals surface area contributed by atoms with E-state index in [2.05, 4.69) is 4.99 Å². The van der Waals surface area contributed by atoms with Crippen LogP contribution in [0.25, 0.3) is 6.08 Å². The van der Waals surface area contributed by atoms with Crippen LogP contribution in [0.3, 0.4) is 0 Å². The van der Waals surface area contributed by atoms with E-state index in [4.69, 9.17) is 9.47 Å². The summed E-state index contributed by atoms with van der Waals surface area (Å²) < 4.78 is 23.6. The van der Waals surface area contributed by atoms with Crippen molar-refractivity contribution in [2.24, 2.45) is 4.99 Å². The van der Waals surface area contributed by atoms with Gasteiger partial charge in [-0.15, -0.1) is 0 Å². The summed E-state index contributed by atoms with van der Waals surface area (Å²) >= 11 is 0.